The van der Waals surface area contributed by atoms with Gasteiger partial charge in [-0.3, -0.25) is 9.59 Å². The first-order valence-electron chi connectivity index (χ1n) is 8.51. The van der Waals surface area contributed by atoms with Crippen LogP contribution in [0.15, 0.2) is 42.5 Å². The van der Waals surface area contributed by atoms with E-state index in [0.717, 1.165) is 24.3 Å². The number of fused-ring (bicyclic) bond motifs is 1. The van der Waals surface area contributed by atoms with Gasteiger partial charge in [-0.05, 0) is 43.7 Å². The molecule has 5 heteroatoms. The van der Waals surface area contributed by atoms with Crippen molar-refractivity contribution in [1.29, 1.82) is 0 Å². The number of nitrogens with zero attached hydrogens (tertiary/aromatic N) is 2. The first kappa shape index (κ1) is 15.8. The zero-order valence-electron chi connectivity index (χ0n) is 14.4. The van der Waals surface area contributed by atoms with Gasteiger partial charge in [-0.15, -0.1) is 0 Å². The number of hydrogen-bond donors (Lipinski definition) is 0. The van der Waals surface area contributed by atoms with Crippen molar-refractivity contribution in [1.82, 2.24) is 0 Å². The predicted molar refractivity (Wildman–Crippen MR) is 96.4 cm³/mol. The lowest BCUT2D eigenvalue weighted by Crippen LogP contribution is -2.42. The second-order valence-corrected chi connectivity index (χ2v) is 6.61. The van der Waals surface area contributed by atoms with Gasteiger partial charge in [-0.1, -0.05) is 18.2 Å². The zero-order chi connectivity index (χ0) is 17.6. The Morgan fingerprint density at radius 1 is 1.00 bits per heavy atom. The number of aryl methyl sites for hydroxylation is 1. The molecule has 1 fully saturated rings. The molecule has 25 heavy (non-hydrogen) atoms. The Labute approximate surface area is 146 Å². The van der Waals surface area contributed by atoms with Crippen molar-refractivity contribution in [3.8, 4) is 0 Å². The number of carbonyl (C=O) groups excluding carboxylic acids is 2. The van der Waals surface area contributed by atoms with Gasteiger partial charge in [-0.2, -0.15) is 0 Å². The summed E-state index contributed by atoms with van der Waals surface area (Å²) in [5.74, 6) is -0.512. The average molecular weight is 336 g/mol. The summed E-state index contributed by atoms with van der Waals surface area (Å²) < 4.78 is 5.62. The summed E-state index contributed by atoms with van der Waals surface area (Å²) in [5.41, 5.74) is 3.50. The topological polar surface area (TPSA) is 49.9 Å². The van der Waals surface area contributed by atoms with Crippen LogP contribution in [0.25, 0.3) is 0 Å². The third-order valence-electron chi connectivity index (χ3n) is 4.75. The number of ether oxygens (including phenoxy) is 1. The van der Waals surface area contributed by atoms with E-state index < -0.39 is 0 Å². The van der Waals surface area contributed by atoms with E-state index in [0.29, 0.717) is 23.4 Å². The van der Waals surface area contributed by atoms with Crippen LogP contribution in [0.5, 0.6) is 0 Å². The molecule has 0 N–H and O–H groups in total. The minimum absolute atomic E-state index is 0.116. The summed E-state index contributed by atoms with van der Waals surface area (Å²) in [6, 6.07) is 12.9. The largest absolute Gasteiger partial charge is 0.375 e. The van der Waals surface area contributed by atoms with E-state index >= 15 is 0 Å². The summed E-state index contributed by atoms with van der Waals surface area (Å²) in [6.45, 7) is 6.11. The van der Waals surface area contributed by atoms with Crippen LogP contribution in [-0.4, -0.2) is 37.6 Å². The molecule has 2 aromatic rings. The number of anilines is 2. The molecule has 2 aromatic carbocycles. The first-order chi connectivity index (χ1) is 12.1. The number of hydrogen-bond acceptors (Lipinski definition) is 4. The fourth-order valence-corrected chi connectivity index (χ4v) is 3.53. The van der Waals surface area contributed by atoms with Crippen molar-refractivity contribution in [2.24, 2.45) is 0 Å². The van der Waals surface area contributed by atoms with Gasteiger partial charge in [0.25, 0.3) is 11.8 Å². The zero-order valence-corrected chi connectivity index (χ0v) is 14.4. The molecule has 128 valence electrons. The summed E-state index contributed by atoms with van der Waals surface area (Å²) in [7, 11) is 0. The first-order valence-corrected chi connectivity index (χ1v) is 8.51. The Hall–Kier alpha value is -2.66. The quantitative estimate of drug-likeness (QED) is 0.791. The molecule has 0 bridgehead atoms. The molecule has 0 spiro atoms. The van der Waals surface area contributed by atoms with Gasteiger partial charge in [0.2, 0.25) is 0 Å². The van der Waals surface area contributed by atoms with E-state index in [9.17, 15) is 9.59 Å². The molecule has 2 heterocycles. The highest BCUT2D eigenvalue weighted by Gasteiger charge is 2.38. The SMILES string of the molecule is Cc1ccc(N2CCOC(C)C2)c(N2C(=O)c3ccccc3C2=O)c1. The third-order valence-corrected chi connectivity index (χ3v) is 4.75. The number of morpholine rings is 1. The molecular formula is C20H20N2O3. The fourth-order valence-electron chi connectivity index (χ4n) is 3.53. The smallest absolute Gasteiger partial charge is 0.266 e. The van der Waals surface area contributed by atoms with Gasteiger partial charge < -0.3 is 9.64 Å². The van der Waals surface area contributed by atoms with Crippen molar-refractivity contribution < 1.29 is 14.3 Å². The van der Waals surface area contributed by atoms with E-state index in [1.807, 2.05) is 32.0 Å². The van der Waals surface area contributed by atoms with Crippen molar-refractivity contribution in [2.75, 3.05) is 29.5 Å². The molecule has 1 saturated heterocycles. The lowest BCUT2D eigenvalue weighted by molar-refractivity contribution is 0.0532. The van der Waals surface area contributed by atoms with Crippen molar-refractivity contribution in [2.45, 2.75) is 20.0 Å². The monoisotopic (exact) mass is 336 g/mol. The van der Waals surface area contributed by atoms with Crippen LogP contribution in [0.1, 0.15) is 33.2 Å². The van der Waals surface area contributed by atoms with Gasteiger partial charge in [0.15, 0.2) is 0 Å². The third kappa shape index (κ3) is 2.61. The Bertz CT molecular complexity index is 827. The molecule has 4 rings (SSSR count). The fraction of sp³-hybridized carbons (Fsp3) is 0.300. The van der Waals surface area contributed by atoms with E-state index in [1.54, 1.807) is 24.3 Å². The summed E-state index contributed by atoms with van der Waals surface area (Å²) >= 11 is 0. The lowest BCUT2D eigenvalue weighted by Gasteiger charge is -2.35. The van der Waals surface area contributed by atoms with E-state index in [1.165, 1.54) is 4.90 Å². The van der Waals surface area contributed by atoms with Gasteiger partial charge in [0.05, 0.1) is 35.2 Å². The van der Waals surface area contributed by atoms with Crippen LogP contribution in [0.3, 0.4) is 0 Å². The van der Waals surface area contributed by atoms with E-state index in [2.05, 4.69) is 4.90 Å². The molecule has 2 amide bonds. The molecule has 0 aromatic heterocycles. The highest BCUT2D eigenvalue weighted by molar-refractivity contribution is 6.35. The molecule has 2 aliphatic rings. The number of rotatable bonds is 2. The summed E-state index contributed by atoms with van der Waals surface area (Å²) in [5, 5.41) is 0. The summed E-state index contributed by atoms with van der Waals surface area (Å²) in [6.07, 6.45) is 0.116. The second-order valence-electron chi connectivity index (χ2n) is 6.61. The van der Waals surface area contributed by atoms with Crippen molar-refractivity contribution in [3.63, 3.8) is 0 Å². The van der Waals surface area contributed by atoms with E-state index in [4.69, 9.17) is 4.74 Å². The molecule has 0 saturated carbocycles. The van der Waals surface area contributed by atoms with Gasteiger partial charge in [0.1, 0.15) is 0 Å². The van der Waals surface area contributed by atoms with Crippen LogP contribution in [0, 0.1) is 6.92 Å². The van der Waals surface area contributed by atoms with Crippen molar-refractivity contribution >= 4 is 23.2 Å². The number of carbonyl (C=O) groups is 2. The molecule has 1 unspecified atom stereocenters. The van der Waals surface area contributed by atoms with E-state index in [-0.39, 0.29) is 17.9 Å². The molecule has 2 aliphatic heterocycles. The molecule has 5 nitrogen and oxygen atoms in total. The average Bonchev–Trinajstić information content (AvgIpc) is 2.86. The molecule has 0 radical (unpaired) electrons. The standard InChI is InChI=1S/C20H20N2O3/c1-13-7-8-17(21-9-10-25-14(2)12-21)18(11-13)22-19(23)15-5-3-4-6-16(15)20(22)24/h3-8,11,14H,9-10,12H2,1-2H3. The second kappa shape index (κ2) is 6.01. The molecule has 1 atom stereocenters. The number of amides is 2. The predicted octanol–water partition coefficient (Wildman–Crippen LogP) is 3.02. The Morgan fingerprint density at radius 2 is 1.68 bits per heavy atom. The number of benzene rings is 2. The normalized spacial score (nSPS) is 20.2. The van der Waals surface area contributed by atoms with Crippen LogP contribution in [0.2, 0.25) is 0 Å². The Balaban J connectivity index is 1.80. The van der Waals surface area contributed by atoms with Gasteiger partial charge >= 0.3 is 0 Å². The molecular weight excluding hydrogens is 316 g/mol. The van der Waals surface area contributed by atoms with Crippen molar-refractivity contribution in [3.05, 3.63) is 59.2 Å². The highest BCUT2D eigenvalue weighted by Crippen LogP contribution is 2.36. The van der Waals surface area contributed by atoms with Crippen LogP contribution < -0.4 is 9.80 Å². The lowest BCUT2D eigenvalue weighted by atomic mass is 10.1. The van der Waals surface area contributed by atoms with Crippen LogP contribution in [-0.2, 0) is 4.74 Å². The maximum atomic E-state index is 12.9. The minimum atomic E-state index is -0.256. The Morgan fingerprint density at radius 3 is 2.32 bits per heavy atom. The maximum absolute atomic E-state index is 12.9. The van der Waals surface area contributed by atoms with Gasteiger partial charge in [-0.25, -0.2) is 4.90 Å². The Kier molecular flexibility index (Phi) is 3.81. The van der Waals surface area contributed by atoms with Gasteiger partial charge in [0, 0.05) is 13.1 Å². The molecule has 0 aliphatic carbocycles. The van der Waals surface area contributed by atoms with Crippen LogP contribution in [0.4, 0.5) is 11.4 Å². The van der Waals surface area contributed by atoms with Crippen LogP contribution >= 0.6 is 0 Å². The maximum Gasteiger partial charge on any atom is 0.266 e. The minimum Gasteiger partial charge on any atom is -0.375 e. The number of imide groups is 1. The summed E-state index contributed by atoms with van der Waals surface area (Å²) in [4.78, 5) is 29.3. The highest BCUT2D eigenvalue weighted by atomic mass is 16.5.